The number of piperidine rings is 1. The lowest BCUT2D eigenvalue weighted by molar-refractivity contribution is -0.118. The van der Waals surface area contributed by atoms with Gasteiger partial charge in [-0.2, -0.15) is 5.26 Å². The van der Waals surface area contributed by atoms with Crippen LogP contribution in [0.4, 0.5) is 5.69 Å². The highest BCUT2D eigenvalue weighted by Crippen LogP contribution is 2.43. The zero-order valence-corrected chi connectivity index (χ0v) is 16.6. The molecule has 2 saturated heterocycles. The van der Waals surface area contributed by atoms with Crippen molar-refractivity contribution in [1.82, 2.24) is 4.90 Å². The van der Waals surface area contributed by atoms with E-state index in [2.05, 4.69) is 29.2 Å². The third-order valence-electron chi connectivity index (χ3n) is 6.71. The van der Waals surface area contributed by atoms with Gasteiger partial charge in [-0.15, -0.1) is 0 Å². The van der Waals surface area contributed by atoms with Crippen molar-refractivity contribution in [2.45, 2.75) is 32.2 Å². The Bertz CT molecular complexity index is 969. The second kappa shape index (κ2) is 7.20. The Kier molecular flexibility index (Phi) is 4.52. The number of anilines is 1. The number of fused-ring (bicyclic) bond motifs is 1. The molecule has 1 amide bonds. The van der Waals surface area contributed by atoms with Gasteiger partial charge in [-0.05, 0) is 72.8 Å². The smallest absolute Gasteiger partial charge is 0.227 e. The molecule has 0 unspecified atom stereocenters. The van der Waals surface area contributed by atoms with Gasteiger partial charge in [0.05, 0.1) is 18.2 Å². The molecule has 0 saturated carbocycles. The number of rotatable bonds is 3. The number of carbonyl (C=O) groups is 1. The molecule has 2 fully saturated rings. The van der Waals surface area contributed by atoms with E-state index in [1.54, 1.807) is 12.1 Å². The molecule has 0 aromatic heterocycles. The van der Waals surface area contributed by atoms with Crippen molar-refractivity contribution in [3.8, 4) is 11.8 Å². The van der Waals surface area contributed by atoms with E-state index in [9.17, 15) is 4.79 Å². The van der Waals surface area contributed by atoms with Gasteiger partial charge in [0.2, 0.25) is 5.91 Å². The minimum absolute atomic E-state index is 0.0858. The molecule has 3 aliphatic rings. The third-order valence-corrected chi connectivity index (χ3v) is 6.71. The van der Waals surface area contributed by atoms with E-state index >= 15 is 0 Å². The lowest BCUT2D eigenvalue weighted by Crippen LogP contribution is -2.41. The monoisotopic (exact) mass is 387 g/mol. The largest absolute Gasteiger partial charge is 0.493 e. The van der Waals surface area contributed by atoms with Crippen molar-refractivity contribution in [3.05, 3.63) is 59.2 Å². The molecule has 2 aromatic carbocycles. The van der Waals surface area contributed by atoms with Crippen molar-refractivity contribution >= 4 is 11.6 Å². The fourth-order valence-corrected chi connectivity index (χ4v) is 4.93. The molecule has 3 heterocycles. The first-order valence-electron chi connectivity index (χ1n) is 10.4. The maximum absolute atomic E-state index is 12.7. The zero-order chi connectivity index (χ0) is 19.8. The van der Waals surface area contributed by atoms with Crippen LogP contribution in [0.3, 0.4) is 0 Å². The molecule has 3 aliphatic heterocycles. The van der Waals surface area contributed by atoms with E-state index in [0.717, 1.165) is 63.5 Å². The van der Waals surface area contributed by atoms with Crippen LogP contribution in [0, 0.1) is 16.7 Å². The van der Waals surface area contributed by atoms with Gasteiger partial charge in [0, 0.05) is 31.6 Å². The molecule has 5 nitrogen and oxygen atoms in total. The minimum atomic E-state index is 0.0858. The number of ether oxygens (including phenoxy) is 1. The first kappa shape index (κ1) is 18.2. The van der Waals surface area contributed by atoms with Crippen LogP contribution in [-0.2, 0) is 17.8 Å². The van der Waals surface area contributed by atoms with Crippen LogP contribution in [0.1, 0.15) is 36.0 Å². The van der Waals surface area contributed by atoms with E-state index in [4.69, 9.17) is 10.00 Å². The van der Waals surface area contributed by atoms with Crippen LogP contribution in [-0.4, -0.2) is 37.0 Å². The molecule has 0 radical (unpaired) electrons. The first-order valence-corrected chi connectivity index (χ1v) is 10.4. The number of hydrogen-bond donors (Lipinski definition) is 0. The van der Waals surface area contributed by atoms with Crippen molar-refractivity contribution in [1.29, 1.82) is 5.26 Å². The zero-order valence-electron chi connectivity index (χ0n) is 16.6. The highest BCUT2D eigenvalue weighted by Gasteiger charge is 2.45. The van der Waals surface area contributed by atoms with E-state index in [1.807, 2.05) is 17.0 Å². The molecule has 0 bridgehead atoms. The summed E-state index contributed by atoms with van der Waals surface area (Å²) < 4.78 is 5.71. The van der Waals surface area contributed by atoms with Crippen LogP contribution in [0.15, 0.2) is 42.5 Å². The summed E-state index contributed by atoms with van der Waals surface area (Å²) >= 11 is 0. The number of nitriles is 1. The van der Waals surface area contributed by atoms with Gasteiger partial charge in [-0.3, -0.25) is 9.69 Å². The molecule has 148 valence electrons. The SMILES string of the molecule is N#Cc1ccc(N2CC3(CCN(Cc4ccc5c(c4)OCC5)CC3)CC2=O)cc1. The average Bonchev–Trinajstić information content (AvgIpc) is 3.34. The van der Waals surface area contributed by atoms with Crippen molar-refractivity contribution < 1.29 is 9.53 Å². The predicted octanol–water partition coefficient (Wildman–Crippen LogP) is 3.51. The number of amides is 1. The maximum atomic E-state index is 12.7. The lowest BCUT2D eigenvalue weighted by Gasteiger charge is -2.38. The van der Waals surface area contributed by atoms with Gasteiger partial charge in [-0.1, -0.05) is 12.1 Å². The van der Waals surface area contributed by atoms with E-state index < -0.39 is 0 Å². The summed E-state index contributed by atoms with van der Waals surface area (Å²) in [6.45, 7) is 4.58. The standard InChI is InChI=1S/C24H25N3O2/c25-15-18-2-5-21(6-3-18)27-17-24(14-23(27)28)8-10-26(11-9-24)16-19-1-4-20-7-12-29-22(20)13-19/h1-6,13H,7-12,14,16-17H2. The molecule has 5 rings (SSSR count). The predicted molar refractivity (Wildman–Crippen MR) is 111 cm³/mol. The molecule has 5 heteroatoms. The number of benzene rings is 2. The molecule has 1 spiro atoms. The Morgan fingerprint density at radius 3 is 2.66 bits per heavy atom. The summed E-state index contributed by atoms with van der Waals surface area (Å²) in [6, 6.07) is 16.1. The van der Waals surface area contributed by atoms with Crippen LogP contribution in [0.25, 0.3) is 0 Å². The summed E-state index contributed by atoms with van der Waals surface area (Å²) in [6.07, 6.45) is 3.75. The Morgan fingerprint density at radius 2 is 1.90 bits per heavy atom. The molecule has 0 atom stereocenters. The Hall–Kier alpha value is -2.84. The van der Waals surface area contributed by atoms with Gasteiger partial charge in [-0.25, -0.2) is 0 Å². The number of carbonyl (C=O) groups excluding carboxylic acids is 1. The summed E-state index contributed by atoms with van der Waals surface area (Å²) in [5.41, 5.74) is 4.25. The fraction of sp³-hybridized carbons (Fsp3) is 0.417. The van der Waals surface area contributed by atoms with E-state index in [-0.39, 0.29) is 11.3 Å². The first-order chi connectivity index (χ1) is 14.1. The second-order valence-corrected chi connectivity index (χ2v) is 8.63. The van der Waals surface area contributed by atoms with Crippen LogP contribution in [0.5, 0.6) is 5.75 Å². The van der Waals surface area contributed by atoms with Crippen molar-refractivity contribution in [2.24, 2.45) is 5.41 Å². The molecular formula is C24H25N3O2. The van der Waals surface area contributed by atoms with Crippen molar-refractivity contribution in [3.63, 3.8) is 0 Å². The Morgan fingerprint density at radius 1 is 1.10 bits per heavy atom. The van der Waals surface area contributed by atoms with Gasteiger partial charge < -0.3 is 9.64 Å². The lowest BCUT2D eigenvalue weighted by atomic mass is 9.77. The van der Waals surface area contributed by atoms with Gasteiger partial charge >= 0.3 is 0 Å². The molecule has 0 N–H and O–H groups in total. The highest BCUT2D eigenvalue weighted by molar-refractivity contribution is 5.96. The van der Waals surface area contributed by atoms with E-state index in [0.29, 0.717) is 12.0 Å². The summed E-state index contributed by atoms with van der Waals surface area (Å²) in [4.78, 5) is 17.1. The maximum Gasteiger partial charge on any atom is 0.227 e. The van der Waals surface area contributed by atoms with Gasteiger partial charge in [0.1, 0.15) is 5.75 Å². The fourth-order valence-electron chi connectivity index (χ4n) is 4.93. The van der Waals surface area contributed by atoms with Crippen LogP contribution < -0.4 is 9.64 Å². The summed E-state index contributed by atoms with van der Waals surface area (Å²) in [5, 5.41) is 8.98. The average molecular weight is 387 g/mol. The normalized spacial score (nSPS) is 20.5. The number of likely N-dealkylation sites (tertiary alicyclic amines) is 1. The Balaban J connectivity index is 1.22. The molecule has 2 aromatic rings. The minimum Gasteiger partial charge on any atom is -0.493 e. The molecule has 0 aliphatic carbocycles. The number of hydrogen-bond acceptors (Lipinski definition) is 4. The van der Waals surface area contributed by atoms with Crippen molar-refractivity contribution in [2.75, 3.05) is 31.1 Å². The van der Waals surface area contributed by atoms with Crippen LogP contribution >= 0.6 is 0 Å². The van der Waals surface area contributed by atoms with Crippen LogP contribution in [0.2, 0.25) is 0 Å². The highest BCUT2D eigenvalue weighted by atomic mass is 16.5. The molecular weight excluding hydrogens is 362 g/mol. The topological polar surface area (TPSA) is 56.6 Å². The molecule has 29 heavy (non-hydrogen) atoms. The van der Waals surface area contributed by atoms with Gasteiger partial charge in [0.15, 0.2) is 0 Å². The summed E-state index contributed by atoms with van der Waals surface area (Å²) in [7, 11) is 0. The number of nitrogens with zero attached hydrogens (tertiary/aromatic N) is 3. The third kappa shape index (κ3) is 3.49. The second-order valence-electron chi connectivity index (χ2n) is 8.63. The Labute approximate surface area is 171 Å². The van der Waals surface area contributed by atoms with E-state index in [1.165, 1.54) is 11.1 Å². The quantitative estimate of drug-likeness (QED) is 0.809. The summed E-state index contributed by atoms with van der Waals surface area (Å²) in [5.74, 6) is 1.26. The van der Waals surface area contributed by atoms with Gasteiger partial charge in [0.25, 0.3) is 0 Å².